The lowest BCUT2D eigenvalue weighted by molar-refractivity contribution is 0.318. The molecule has 3 N–H and O–H groups in total. The van der Waals surface area contributed by atoms with Crippen LogP contribution in [0.2, 0.25) is 0 Å². The summed E-state index contributed by atoms with van der Waals surface area (Å²) in [5.74, 6) is 0.184. The summed E-state index contributed by atoms with van der Waals surface area (Å²) in [6.45, 7) is 2.02. The SMILES string of the molecule is Cc1ccc(N(C)C2CCCCCC2)c(/C(N)=N/O)c1. The van der Waals surface area contributed by atoms with Crippen LogP contribution in [0.5, 0.6) is 0 Å². The van der Waals surface area contributed by atoms with Crippen molar-refractivity contribution in [3.8, 4) is 0 Å². The molecule has 0 amide bonds. The van der Waals surface area contributed by atoms with Gasteiger partial charge in [-0.3, -0.25) is 0 Å². The van der Waals surface area contributed by atoms with Gasteiger partial charge in [-0.25, -0.2) is 0 Å². The van der Waals surface area contributed by atoms with Gasteiger partial charge in [0.1, 0.15) is 0 Å². The molecule has 110 valence electrons. The van der Waals surface area contributed by atoms with Gasteiger partial charge in [-0.1, -0.05) is 42.5 Å². The summed E-state index contributed by atoms with van der Waals surface area (Å²) >= 11 is 0. The maximum Gasteiger partial charge on any atom is 0.172 e. The molecule has 0 saturated heterocycles. The van der Waals surface area contributed by atoms with E-state index in [0.717, 1.165) is 16.8 Å². The first-order valence-electron chi connectivity index (χ1n) is 7.45. The summed E-state index contributed by atoms with van der Waals surface area (Å²) in [5, 5.41) is 12.2. The summed E-state index contributed by atoms with van der Waals surface area (Å²) in [4.78, 5) is 2.30. The highest BCUT2D eigenvalue weighted by molar-refractivity contribution is 6.02. The Hall–Kier alpha value is -1.71. The lowest BCUT2D eigenvalue weighted by Gasteiger charge is -2.31. The molecule has 0 radical (unpaired) electrons. The molecule has 4 nitrogen and oxygen atoms in total. The molecule has 4 heteroatoms. The third-order valence-corrected chi connectivity index (χ3v) is 4.29. The minimum absolute atomic E-state index is 0.184. The van der Waals surface area contributed by atoms with E-state index >= 15 is 0 Å². The number of hydrogen-bond donors (Lipinski definition) is 2. The van der Waals surface area contributed by atoms with Gasteiger partial charge < -0.3 is 15.8 Å². The molecule has 1 fully saturated rings. The van der Waals surface area contributed by atoms with E-state index in [4.69, 9.17) is 10.9 Å². The maximum atomic E-state index is 8.99. The van der Waals surface area contributed by atoms with E-state index in [2.05, 4.69) is 29.2 Å². The fourth-order valence-electron chi connectivity index (χ4n) is 3.06. The Morgan fingerprint density at radius 2 is 1.90 bits per heavy atom. The molecule has 0 aliphatic heterocycles. The summed E-state index contributed by atoms with van der Waals surface area (Å²) < 4.78 is 0. The number of anilines is 1. The zero-order valence-corrected chi connectivity index (χ0v) is 12.5. The van der Waals surface area contributed by atoms with Gasteiger partial charge in [-0.05, 0) is 31.9 Å². The minimum atomic E-state index is 0.184. The van der Waals surface area contributed by atoms with Crippen LogP contribution >= 0.6 is 0 Å². The molecule has 1 aromatic carbocycles. The van der Waals surface area contributed by atoms with E-state index in [0.29, 0.717) is 6.04 Å². The van der Waals surface area contributed by atoms with E-state index in [9.17, 15) is 0 Å². The van der Waals surface area contributed by atoms with Gasteiger partial charge in [0.15, 0.2) is 5.84 Å². The van der Waals surface area contributed by atoms with Crippen LogP contribution in [-0.2, 0) is 0 Å². The van der Waals surface area contributed by atoms with Gasteiger partial charge >= 0.3 is 0 Å². The molecular weight excluding hydrogens is 250 g/mol. The molecule has 0 heterocycles. The summed E-state index contributed by atoms with van der Waals surface area (Å²) in [5.41, 5.74) is 8.82. The topological polar surface area (TPSA) is 61.8 Å². The molecular formula is C16H25N3O. The van der Waals surface area contributed by atoms with Gasteiger partial charge in [0.05, 0.1) is 0 Å². The first-order valence-corrected chi connectivity index (χ1v) is 7.45. The molecule has 1 aliphatic carbocycles. The number of benzene rings is 1. The van der Waals surface area contributed by atoms with E-state index in [1.807, 2.05) is 13.0 Å². The summed E-state index contributed by atoms with van der Waals surface area (Å²) in [6, 6.07) is 6.69. The van der Waals surface area contributed by atoms with Crippen LogP contribution < -0.4 is 10.6 Å². The Morgan fingerprint density at radius 3 is 2.50 bits per heavy atom. The maximum absolute atomic E-state index is 8.99. The van der Waals surface area contributed by atoms with Crippen molar-refractivity contribution < 1.29 is 5.21 Å². The van der Waals surface area contributed by atoms with Crippen molar-refractivity contribution in [2.24, 2.45) is 10.9 Å². The molecule has 0 atom stereocenters. The zero-order valence-electron chi connectivity index (χ0n) is 12.5. The van der Waals surface area contributed by atoms with Crippen molar-refractivity contribution in [1.82, 2.24) is 0 Å². The van der Waals surface area contributed by atoms with Crippen LogP contribution in [0.1, 0.15) is 49.7 Å². The Kier molecular flexibility index (Phi) is 4.88. The molecule has 1 aromatic rings. The van der Waals surface area contributed by atoms with Crippen molar-refractivity contribution in [1.29, 1.82) is 0 Å². The number of aryl methyl sites for hydroxylation is 1. The van der Waals surface area contributed by atoms with Crippen LogP contribution in [-0.4, -0.2) is 24.1 Å². The van der Waals surface area contributed by atoms with Crippen LogP contribution in [0.4, 0.5) is 5.69 Å². The van der Waals surface area contributed by atoms with E-state index < -0.39 is 0 Å². The Morgan fingerprint density at radius 1 is 1.25 bits per heavy atom. The van der Waals surface area contributed by atoms with Gasteiger partial charge in [0, 0.05) is 24.3 Å². The fraction of sp³-hybridized carbons (Fsp3) is 0.562. The highest BCUT2D eigenvalue weighted by Gasteiger charge is 2.20. The smallest absolute Gasteiger partial charge is 0.172 e. The lowest BCUT2D eigenvalue weighted by atomic mass is 10.0. The highest BCUT2D eigenvalue weighted by Crippen LogP contribution is 2.28. The largest absolute Gasteiger partial charge is 0.409 e. The number of rotatable bonds is 3. The second-order valence-electron chi connectivity index (χ2n) is 5.76. The molecule has 20 heavy (non-hydrogen) atoms. The predicted octanol–water partition coefficient (Wildman–Crippen LogP) is 3.25. The normalized spacial score (nSPS) is 17.8. The van der Waals surface area contributed by atoms with E-state index in [1.165, 1.54) is 38.5 Å². The van der Waals surface area contributed by atoms with Crippen LogP contribution in [0.3, 0.4) is 0 Å². The first-order chi connectivity index (χ1) is 9.63. The molecule has 1 aliphatic rings. The fourth-order valence-corrected chi connectivity index (χ4v) is 3.06. The molecule has 0 bridgehead atoms. The number of amidine groups is 1. The van der Waals surface area contributed by atoms with Crippen LogP contribution in [0, 0.1) is 6.92 Å². The monoisotopic (exact) mass is 275 g/mol. The van der Waals surface area contributed by atoms with Crippen LogP contribution in [0.15, 0.2) is 23.4 Å². The van der Waals surface area contributed by atoms with Gasteiger partial charge in [0.2, 0.25) is 0 Å². The third-order valence-electron chi connectivity index (χ3n) is 4.29. The Labute approximate surface area is 121 Å². The average molecular weight is 275 g/mol. The number of nitrogens with two attached hydrogens (primary N) is 1. The first kappa shape index (κ1) is 14.7. The third kappa shape index (κ3) is 3.24. The lowest BCUT2D eigenvalue weighted by Crippen LogP contribution is -2.33. The standard InChI is InChI=1S/C16H25N3O/c1-12-9-10-15(14(11-12)16(17)18-20)19(2)13-7-5-3-4-6-8-13/h9-11,13,20H,3-8H2,1-2H3,(H2,17,18). The molecule has 0 unspecified atom stereocenters. The van der Waals surface area contributed by atoms with Crippen molar-refractivity contribution in [3.05, 3.63) is 29.3 Å². The van der Waals surface area contributed by atoms with E-state index in [-0.39, 0.29) is 5.84 Å². The molecule has 1 saturated carbocycles. The second kappa shape index (κ2) is 6.64. The number of oxime groups is 1. The quantitative estimate of drug-likeness (QED) is 0.293. The Balaban J connectivity index is 2.30. The second-order valence-corrected chi connectivity index (χ2v) is 5.76. The number of hydrogen-bond acceptors (Lipinski definition) is 3. The van der Waals surface area contributed by atoms with Gasteiger partial charge in [-0.2, -0.15) is 0 Å². The van der Waals surface area contributed by atoms with Crippen molar-refractivity contribution >= 4 is 11.5 Å². The highest BCUT2D eigenvalue weighted by atomic mass is 16.4. The van der Waals surface area contributed by atoms with Crippen LogP contribution in [0.25, 0.3) is 0 Å². The van der Waals surface area contributed by atoms with Gasteiger partial charge in [-0.15, -0.1) is 0 Å². The zero-order chi connectivity index (χ0) is 14.5. The summed E-state index contributed by atoms with van der Waals surface area (Å²) in [6.07, 6.45) is 7.70. The predicted molar refractivity (Wildman–Crippen MR) is 83.6 cm³/mol. The minimum Gasteiger partial charge on any atom is -0.409 e. The Bertz CT molecular complexity index is 477. The van der Waals surface area contributed by atoms with Crippen molar-refractivity contribution in [2.75, 3.05) is 11.9 Å². The molecule has 0 spiro atoms. The van der Waals surface area contributed by atoms with Crippen molar-refractivity contribution in [2.45, 2.75) is 51.5 Å². The van der Waals surface area contributed by atoms with E-state index in [1.54, 1.807) is 0 Å². The van der Waals surface area contributed by atoms with Crippen molar-refractivity contribution in [3.63, 3.8) is 0 Å². The summed E-state index contributed by atoms with van der Waals surface area (Å²) in [7, 11) is 2.12. The average Bonchev–Trinajstić information content (AvgIpc) is 2.74. The number of nitrogens with zero attached hydrogens (tertiary/aromatic N) is 2. The molecule has 0 aromatic heterocycles. The molecule has 2 rings (SSSR count). The van der Waals surface area contributed by atoms with Gasteiger partial charge in [0.25, 0.3) is 0 Å².